The van der Waals surface area contributed by atoms with Gasteiger partial charge in [0.25, 0.3) is 0 Å². The molecule has 1 aliphatic carbocycles. The molecule has 1 aromatic carbocycles. The fourth-order valence-corrected chi connectivity index (χ4v) is 4.69. The van der Waals surface area contributed by atoms with Crippen LogP contribution in [0.2, 0.25) is 0 Å². The molecule has 1 unspecified atom stereocenters. The molecule has 2 heterocycles. The highest BCUT2D eigenvalue weighted by Gasteiger charge is 2.37. The molecular formula is C25H32FN3O6. The van der Waals surface area contributed by atoms with Crippen LogP contribution in [0.3, 0.4) is 0 Å². The number of aromatic nitrogens is 1. The van der Waals surface area contributed by atoms with Crippen LogP contribution in [0.1, 0.15) is 56.4 Å². The van der Waals surface area contributed by atoms with Gasteiger partial charge in [0, 0.05) is 31.4 Å². The Kier molecular flexibility index (Phi) is 6.77. The summed E-state index contributed by atoms with van der Waals surface area (Å²) in [5.41, 5.74) is 5.80. The monoisotopic (exact) mass is 489 g/mol. The Hall–Kier alpha value is -3.14. The highest BCUT2D eigenvalue weighted by molar-refractivity contribution is 5.98. The second kappa shape index (κ2) is 9.49. The summed E-state index contributed by atoms with van der Waals surface area (Å²) in [5.74, 6) is -2.04. The van der Waals surface area contributed by atoms with Crippen LogP contribution in [0.25, 0.3) is 10.9 Å². The van der Waals surface area contributed by atoms with E-state index in [1.165, 1.54) is 13.3 Å². The van der Waals surface area contributed by atoms with Gasteiger partial charge in [0.1, 0.15) is 11.3 Å². The minimum absolute atomic E-state index is 0.0129. The molecule has 4 rings (SSSR count). The number of esters is 2. The smallest absolute Gasteiger partial charge is 0.344 e. The summed E-state index contributed by atoms with van der Waals surface area (Å²) in [6.07, 6.45) is 3.80. The number of carbonyl (C=O) groups is 2. The molecule has 35 heavy (non-hydrogen) atoms. The Bertz CT molecular complexity index is 1220. The fourth-order valence-electron chi connectivity index (χ4n) is 4.69. The van der Waals surface area contributed by atoms with Crippen molar-refractivity contribution in [2.24, 2.45) is 11.1 Å². The molecule has 0 amide bonds. The predicted octanol–water partition coefficient (Wildman–Crippen LogP) is 2.77. The van der Waals surface area contributed by atoms with Gasteiger partial charge in [-0.2, -0.15) is 0 Å². The average molecular weight is 490 g/mol. The molecule has 2 N–H and O–H groups in total. The number of halogens is 1. The normalized spacial score (nSPS) is 19.5. The molecule has 10 heteroatoms. The zero-order valence-corrected chi connectivity index (χ0v) is 20.6. The second-order valence-electron chi connectivity index (χ2n) is 9.83. The Morgan fingerprint density at radius 1 is 1.23 bits per heavy atom. The number of hydrogen-bond acceptors (Lipinski definition) is 8. The van der Waals surface area contributed by atoms with E-state index in [-0.39, 0.29) is 46.5 Å². The number of carbonyl (C=O) groups excluding carboxylic acids is 2. The third-order valence-corrected chi connectivity index (χ3v) is 6.82. The molecule has 1 atom stereocenters. The first kappa shape index (κ1) is 25.0. The minimum atomic E-state index is -0.963. The van der Waals surface area contributed by atoms with E-state index in [1.807, 2.05) is 18.7 Å². The number of ether oxygens (including phenoxy) is 3. The summed E-state index contributed by atoms with van der Waals surface area (Å²) in [6.45, 7) is 6.33. The number of hydrogen-bond donors (Lipinski definition) is 1. The van der Waals surface area contributed by atoms with Gasteiger partial charge in [-0.25, -0.2) is 14.0 Å². The fraction of sp³-hybridized carbons (Fsp3) is 0.560. The van der Waals surface area contributed by atoms with Crippen LogP contribution in [0.4, 0.5) is 10.1 Å². The molecule has 0 spiro atoms. The van der Waals surface area contributed by atoms with Crippen molar-refractivity contribution >= 4 is 28.5 Å². The highest BCUT2D eigenvalue weighted by atomic mass is 19.1. The van der Waals surface area contributed by atoms with E-state index in [0.29, 0.717) is 25.0 Å². The summed E-state index contributed by atoms with van der Waals surface area (Å²) in [7, 11) is 1.45. The lowest BCUT2D eigenvalue weighted by molar-refractivity contribution is -0.146. The summed E-state index contributed by atoms with van der Waals surface area (Å²) in [5, 5.41) is 0.0218. The Morgan fingerprint density at radius 2 is 1.94 bits per heavy atom. The Balaban J connectivity index is 1.83. The second-order valence-corrected chi connectivity index (χ2v) is 9.83. The first-order valence-corrected chi connectivity index (χ1v) is 11.9. The molecule has 9 nitrogen and oxygen atoms in total. The van der Waals surface area contributed by atoms with Gasteiger partial charge in [-0.15, -0.1) is 0 Å². The van der Waals surface area contributed by atoms with E-state index in [4.69, 9.17) is 19.9 Å². The summed E-state index contributed by atoms with van der Waals surface area (Å²) in [6, 6.07) is 1.19. The number of anilines is 1. The van der Waals surface area contributed by atoms with Gasteiger partial charge in [0.05, 0.1) is 24.6 Å². The Morgan fingerprint density at radius 3 is 2.54 bits per heavy atom. The number of rotatable bonds is 7. The van der Waals surface area contributed by atoms with Gasteiger partial charge < -0.3 is 29.4 Å². The summed E-state index contributed by atoms with van der Waals surface area (Å²) < 4.78 is 32.9. The number of nitrogens with zero attached hydrogens (tertiary/aromatic N) is 2. The van der Waals surface area contributed by atoms with Crippen molar-refractivity contribution in [3.8, 4) is 5.75 Å². The molecule has 190 valence electrons. The minimum Gasteiger partial charge on any atom is -0.492 e. The van der Waals surface area contributed by atoms with Crippen molar-refractivity contribution < 1.29 is 28.2 Å². The molecule has 0 bridgehead atoms. The van der Waals surface area contributed by atoms with Crippen molar-refractivity contribution in [2.45, 2.75) is 52.1 Å². The lowest BCUT2D eigenvalue weighted by atomic mass is 9.79. The molecule has 0 radical (unpaired) electrons. The van der Waals surface area contributed by atoms with Crippen LogP contribution in [0, 0.1) is 11.2 Å². The molecule has 1 aromatic heterocycles. The van der Waals surface area contributed by atoms with Crippen LogP contribution in [0.5, 0.6) is 5.75 Å². The third-order valence-electron chi connectivity index (χ3n) is 6.82. The van der Waals surface area contributed by atoms with Crippen LogP contribution >= 0.6 is 0 Å². The molecule has 2 aliphatic rings. The first-order valence-electron chi connectivity index (χ1n) is 11.9. The van der Waals surface area contributed by atoms with E-state index >= 15 is 4.39 Å². The van der Waals surface area contributed by atoms with E-state index in [1.54, 1.807) is 11.5 Å². The maximum Gasteiger partial charge on any atom is 0.344 e. The lowest BCUT2D eigenvalue weighted by Crippen LogP contribution is -2.52. The van der Waals surface area contributed by atoms with Crippen LogP contribution in [-0.2, 0) is 14.3 Å². The topological polar surface area (TPSA) is 113 Å². The predicted molar refractivity (Wildman–Crippen MR) is 128 cm³/mol. The standard InChI is InChI=1S/C25H32FN3O6/c1-5-34-19(30)12-35-24(32)16-11-29(14-6-7-14)20-15(22(16)31)10-17(26)21(23(20)33-4)28-9-8-18(27)25(2,3)13-28/h10-11,14,18H,5-9,12-13,27H2,1-4H3. The summed E-state index contributed by atoms with van der Waals surface area (Å²) in [4.78, 5) is 39.5. The largest absolute Gasteiger partial charge is 0.492 e. The zero-order chi connectivity index (χ0) is 25.5. The molecule has 2 aromatic rings. The van der Waals surface area contributed by atoms with Crippen LogP contribution in [-0.4, -0.2) is 56.0 Å². The van der Waals surface area contributed by atoms with Crippen molar-refractivity contribution in [3.05, 3.63) is 33.9 Å². The van der Waals surface area contributed by atoms with Gasteiger partial charge >= 0.3 is 11.9 Å². The average Bonchev–Trinajstić information content (AvgIpc) is 3.64. The van der Waals surface area contributed by atoms with Crippen molar-refractivity contribution in [2.75, 3.05) is 38.3 Å². The third kappa shape index (κ3) is 4.71. The van der Waals surface area contributed by atoms with Crippen LogP contribution in [0.15, 0.2) is 17.1 Å². The van der Waals surface area contributed by atoms with Gasteiger partial charge in [-0.05, 0) is 37.7 Å². The van der Waals surface area contributed by atoms with Gasteiger partial charge in [-0.1, -0.05) is 13.8 Å². The van der Waals surface area contributed by atoms with E-state index in [9.17, 15) is 14.4 Å². The number of piperidine rings is 1. The van der Waals surface area contributed by atoms with Gasteiger partial charge in [0.15, 0.2) is 18.2 Å². The maximum atomic E-state index is 15.6. The van der Waals surface area contributed by atoms with Gasteiger partial charge in [-0.3, -0.25) is 4.79 Å². The number of nitrogens with two attached hydrogens (primary N) is 1. The number of fused-ring (bicyclic) bond motifs is 1. The molecule has 1 saturated carbocycles. The Labute approximate surface area is 202 Å². The SMILES string of the molecule is CCOC(=O)COC(=O)c1cn(C2CC2)c2c(OC)c(N3CCC(N)C(C)(C)C3)c(F)cc2c1=O. The van der Waals surface area contributed by atoms with Gasteiger partial charge in [0.2, 0.25) is 5.43 Å². The van der Waals surface area contributed by atoms with Crippen LogP contribution < -0.4 is 20.8 Å². The van der Waals surface area contributed by atoms with Crippen molar-refractivity contribution in [3.63, 3.8) is 0 Å². The van der Waals surface area contributed by atoms with E-state index < -0.39 is 29.8 Å². The number of pyridine rings is 1. The molecule has 2 fully saturated rings. The molecular weight excluding hydrogens is 457 g/mol. The zero-order valence-electron chi connectivity index (χ0n) is 20.6. The van der Waals surface area contributed by atoms with E-state index in [2.05, 4.69) is 0 Å². The number of benzene rings is 1. The quantitative estimate of drug-likeness (QED) is 0.591. The highest BCUT2D eigenvalue weighted by Crippen LogP contribution is 2.45. The lowest BCUT2D eigenvalue weighted by Gasteiger charge is -2.44. The molecule has 1 aliphatic heterocycles. The first-order chi connectivity index (χ1) is 16.6. The summed E-state index contributed by atoms with van der Waals surface area (Å²) >= 11 is 0. The van der Waals surface area contributed by atoms with Crippen molar-refractivity contribution in [1.29, 1.82) is 0 Å². The van der Waals surface area contributed by atoms with E-state index in [0.717, 1.165) is 18.9 Å². The van der Waals surface area contributed by atoms with Crippen molar-refractivity contribution in [1.82, 2.24) is 4.57 Å². The molecule has 1 saturated heterocycles. The number of methoxy groups -OCH3 is 1. The maximum absolute atomic E-state index is 15.6.